The van der Waals surface area contributed by atoms with E-state index < -0.39 is 5.41 Å². The van der Waals surface area contributed by atoms with E-state index in [4.69, 9.17) is 15.0 Å². The van der Waals surface area contributed by atoms with E-state index in [0.717, 1.165) is 33.2 Å². The summed E-state index contributed by atoms with van der Waals surface area (Å²) in [7, 11) is 0. The Morgan fingerprint density at radius 1 is 0.302 bits per heavy atom. The third-order valence-corrected chi connectivity index (χ3v) is 11.2. The van der Waals surface area contributed by atoms with E-state index >= 15 is 0 Å². The normalized spacial score (nSPS) is 13.1. The number of hydrogen-bond acceptors (Lipinski definition) is 3. The van der Waals surface area contributed by atoms with Crippen LogP contribution in [0.4, 0.5) is 0 Å². The van der Waals surface area contributed by atoms with Crippen molar-refractivity contribution in [3.63, 3.8) is 0 Å². The molecule has 0 radical (unpaired) electrons. The lowest BCUT2D eigenvalue weighted by Crippen LogP contribution is -2.25. The molecule has 3 heteroatoms. The van der Waals surface area contributed by atoms with Gasteiger partial charge in [-0.05, 0) is 73.0 Å². The molecule has 0 fully saturated rings. The number of benzene rings is 8. The highest BCUT2D eigenvalue weighted by Gasteiger charge is 2.51. The zero-order valence-electron chi connectivity index (χ0n) is 28.7. The molecule has 0 unspecified atom stereocenters. The highest BCUT2D eigenvalue weighted by atomic mass is 15.0. The Labute approximate surface area is 308 Å². The Hall–Kier alpha value is -6.97. The van der Waals surface area contributed by atoms with E-state index in [1.807, 2.05) is 36.4 Å². The van der Waals surface area contributed by atoms with E-state index in [9.17, 15) is 0 Å². The van der Waals surface area contributed by atoms with Gasteiger partial charge in [-0.25, -0.2) is 15.0 Å². The van der Waals surface area contributed by atoms with Gasteiger partial charge in [0.05, 0.1) is 5.41 Å². The maximum Gasteiger partial charge on any atom is 0.164 e. The largest absolute Gasteiger partial charge is 0.208 e. The molecule has 246 valence electrons. The molecule has 0 amide bonds. The van der Waals surface area contributed by atoms with Crippen LogP contribution < -0.4 is 0 Å². The second-order valence-corrected chi connectivity index (χ2v) is 13.9. The van der Waals surface area contributed by atoms with Gasteiger partial charge < -0.3 is 0 Å². The summed E-state index contributed by atoms with van der Waals surface area (Å²) in [6.07, 6.45) is 0. The quantitative estimate of drug-likeness (QED) is 0.187. The number of hydrogen-bond donors (Lipinski definition) is 0. The summed E-state index contributed by atoms with van der Waals surface area (Å²) in [5, 5.41) is 2.33. The third-order valence-electron chi connectivity index (χ3n) is 11.2. The minimum Gasteiger partial charge on any atom is -0.208 e. The van der Waals surface area contributed by atoms with Gasteiger partial charge in [0.1, 0.15) is 0 Å². The molecular formula is C50H31N3. The van der Waals surface area contributed by atoms with E-state index in [1.54, 1.807) is 0 Å². The summed E-state index contributed by atoms with van der Waals surface area (Å²) in [6.45, 7) is 0. The zero-order chi connectivity index (χ0) is 34.9. The SMILES string of the molecule is c1ccc(-c2nc(-c3ccccc3)nc(-c3ccc4ccccc4c3-c3ccc4c(c3)C3(c5ccccc5-c5ccccc53)c3ccccc3-4)n2)cc1. The molecule has 0 atom stereocenters. The Balaban J connectivity index is 1.21. The third kappa shape index (κ3) is 4.31. The molecule has 0 N–H and O–H groups in total. The fraction of sp³-hybridized carbons (Fsp3) is 0.0200. The Morgan fingerprint density at radius 2 is 0.755 bits per heavy atom. The van der Waals surface area contributed by atoms with Crippen LogP contribution >= 0.6 is 0 Å². The van der Waals surface area contributed by atoms with Crippen molar-refractivity contribution in [2.24, 2.45) is 0 Å². The molecule has 0 saturated carbocycles. The fourth-order valence-corrected chi connectivity index (χ4v) is 8.95. The van der Waals surface area contributed by atoms with Gasteiger partial charge in [-0.3, -0.25) is 0 Å². The summed E-state index contributed by atoms with van der Waals surface area (Å²) in [6, 6.07) is 67.4. The summed E-state index contributed by atoms with van der Waals surface area (Å²) in [4.78, 5) is 15.4. The maximum atomic E-state index is 5.21. The highest BCUT2D eigenvalue weighted by Crippen LogP contribution is 2.63. The fourth-order valence-electron chi connectivity index (χ4n) is 8.95. The van der Waals surface area contributed by atoms with E-state index in [1.165, 1.54) is 49.9 Å². The van der Waals surface area contributed by atoms with Crippen LogP contribution in [0.15, 0.2) is 188 Å². The van der Waals surface area contributed by atoms with Crippen molar-refractivity contribution in [3.05, 3.63) is 210 Å². The smallest absolute Gasteiger partial charge is 0.164 e. The first kappa shape index (κ1) is 29.7. The molecule has 2 aliphatic rings. The van der Waals surface area contributed by atoms with Crippen molar-refractivity contribution in [2.45, 2.75) is 5.41 Å². The molecule has 1 spiro atoms. The molecule has 53 heavy (non-hydrogen) atoms. The first-order valence-electron chi connectivity index (χ1n) is 18.1. The highest BCUT2D eigenvalue weighted by molar-refractivity contribution is 6.05. The molecule has 2 aliphatic carbocycles. The van der Waals surface area contributed by atoms with Crippen LogP contribution in [0.25, 0.3) is 78.3 Å². The first-order chi connectivity index (χ1) is 26.3. The van der Waals surface area contributed by atoms with Gasteiger partial charge in [0.15, 0.2) is 17.5 Å². The lowest BCUT2D eigenvalue weighted by molar-refractivity contribution is 0.794. The number of nitrogens with zero attached hydrogens (tertiary/aromatic N) is 3. The first-order valence-corrected chi connectivity index (χ1v) is 18.1. The molecule has 0 aliphatic heterocycles. The molecular weight excluding hydrogens is 643 g/mol. The molecule has 1 heterocycles. The molecule has 3 nitrogen and oxygen atoms in total. The van der Waals surface area contributed by atoms with Gasteiger partial charge >= 0.3 is 0 Å². The van der Waals surface area contributed by atoms with Crippen molar-refractivity contribution < 1.29 is 0 Å². The molecule has 1 aromatic heterocycles. The molecule has 8 aromatic carbocycles. The molecule has 0 bridgehead atoms. The average Bonchev–Trinajstić information content (AvgIpc) is 3.71. The van der Waals surface area contributed by atoms with Crippen LogP contribution in [-0.2, 0) is 5.41 Å². The van der Waals surface area contributed by atoms with Crippen molar-refractivity contribution in [2.75, 3.05) is 0 Å². The topological polar surface area (TPSA) is 38.7 Å². The lowest BCUT2D eigenvalue weighted by Gasteiger charge is -2.30. The average molecular weight is 674 g/mol. The summed E-state index contributed by atoms with van der Waals surface area (Å²) in [5.74, 6) is 1.95. The van der Waals surface area contributed by atoms with Crippen LogP contribution in [0.5, 0.6) is 0 Å². The molecule has 0 saturated heterocycles. The monoisotopic (exact) mass is 673 g/mol. The Morgan fingerprint density at radius 3 is 1.34 bits per heavy atom. The van der Waals surface area contributed by atoms with Gasteiger partial charge in [-0.2, -0.15) is 0 Å². The Kier molecular flexibility index (Phi) is 6.47. The van der Waals surface area contributed by atoms with Gasteiger partial charge in [0.25, 0.3) is 0 Å². The standard InChI is InChI=1S/C50H31N3/c1-3-16-33(17-4-1)47-51-48(34-18-5-2-6-19-34)53-49(52-47)41-30-27-32-15-7-8-20-36(32)46(41)35-28-29-40-39-23-11-14-26-44(39)50(45(40)31-35)42-24-12-9-21-37(42)38-22-10-13-25-43(38)50/h1-31H. The van der Waals surface area contributed by atoms with Crippen LogP contribution in [-0.4, -0.2) is 15.0 Å². The van der Waals surface area contributed by atoms with Crippen LogP contribution in [0.1, 0.15) is 22.3 Å². The van der Waals surface area contributed by atoms with Crippen molar-refractivity contribution >= 4 is 10.8 Å². The van der Waals surface area contributed by atoms with Gasteiger partial charge in [-0.1, -0.05) is 176 Å². The predicted molar refractivity (Wildman–Crippen MR) is 215 cm³/mol. The molecule has 9 aromatic rings. The number of fused-ring (bicyclic) bond motifs is 11. The number of rotatable bonds is 4. The lowest BCUT2D eigenvalue weighted by atomic mass is 9.70. The summed E-state index contributed by atoms with van der Waals surface area (Å²) in [5.41, 5.74) is 15.1. The van der Waals surface area contributed by atoms with Crippen molar-refractivity contribution in [1.29, 1.82) is 0 Å². The second-order valence-electron chi connectivity index (χ2n) is 13.9. The van der Waals surface area contributed by atoms with Crippen molar-refractivity contribution in [3.8, 4) is 67.5 Å². The van der Waals surface area contributed by atoms with Gasteiger partial charge in [0.2, 0.25) is 0 Å². The summed E-state index contributed by atoms with van der Waals surface area (Å²) < 4.78 is 0. The Bertz CT molecular complexity index is 2770. The predicted octanol–water partition coefficient (Wildman–Crippen LogP) is 12.0. The summed E-state index contributed by atoms with van der Waals surface area (Å²) >= 11 is 0. The van der Waals surface area contributed by atoms with Crippen molar-refractivity contribution in [1.82, 2.24) is 15.0 Å². The van der Waals surface area contributed by atoms with Crippen LogP contribution in [0.2, 0.25) is 0 Å². The van der Waals surface area contributed by atoms with E-state index in [2.05, 4.69) is 152 Å². The zero-order valence-corrected chi connectivity index (χ0v) is 28.7. The van der Waals surface area contributed by atoms with Crippen LogP contribution in [0, 0.1) is 0 Å². The number of aromatic nitrogens is 3. The van der Waals surface area contributed by atoms with E-state index in [-0.39, 0.29) is 0 Å². The van der Waals surface area contributed by atoms with Crippen LogP contribution in [0.3, 0.4) is 0 Å². The minimum absolute atomic E-state index is 0.437. The van der Waals surface area contributed by atoms with Gasteiger partial charge in [-0.15, -0.1) is 0 Å². The maximum absolute atomic E-state index is 5.21. The molecule has 11 rings (SSSR count). The van der Waals surface area contributed by atoms with Gasteiger partial charge in [0, 0.05) is 22.3 Å². The van der Waals surface area contributed by atoms with E-state index in [0.29, 0.717) is 17.5 Å². The second kappa shape index (κ2) is 11.5. The minimum atomic E-state index is -0.437.